The number of aromatic nitrogens is 2. The van der Waals surface area contributed by atoms with Crippen molar-refractivity contribution in [1.82, 2.24) is 29.2 Å². The fraction of sp³-hybridized carbons (Fsp3) is 0.634. The van der Waals surface area contributed by atoms with Gasteiger partial charge >= 0.3 is 11.9 Å². The summed E-state index contributed by atoms with van der Waals surface area (Å²) in [6, 6.07) is 11.5. The summed E-state index contributed by atoms with van der Waals surface area (Å²) >= 11 is 0. The second-order valence-electron chi connectivity index (χ2n) is 34.5. The molecule has 2 aromatic carbocycles. The van der Waals surface area contributed by atoms with E-state index in [1.54, 1.807) is 104 Å². The minimum atomic E-state index is -3.99. The predicted molar refractivity (Wildman–Crippen MR) is 406 cm³/mol. The Morgan fingerprint density at radius 2 is 0.917 bits per heavy atom. The number of esters is 2. The Hall–Kier alpha value is -8.00. The van der Waals surface area contributed by atoms with Crippen molar-refractivity contribution >= 4 is 88.7 Å². The molecule has 0 spiro atoms. The van der Waals surface area contributed by atoms with Gasteiger partial charge in [0.15, 0.2) is 11.6 Å². The number of nitrogens with zero attached hydrogens (tertiary/aromatic N) is 4. The molecule has 4 aromatic rings. The monoisotopic (exact) mass is 1540 g/mol. The predicted octanol–water partition coefficient (Wildman–Crippen LogP) is 11.8. The highest BCUT2D eigenvalue weighted by Crippen LogP contribution is 2.59. The Morgan fingerprint density at radius 1 is 0.556 bits per heavy atom. The van der Waals surface area contributed by atoms with Gasteiger partial charge in [-0.1, -0.05) is 88.4 Å². The van der Waals surface area contributed by atoms with Gasteiger partial charge in [-0.2, -0.15) is 0 Å². The molecule has 588 valence electrons. The van der Waals surface area contributed by atoms with E-state index in [1.165, 1.54) is 22.2 Å². The van der Waals surface area contributed by atoms with Crippen LogP contribution in [-0.4, -0.2) is 156 Å². The molecule has 2 saturated heterocycles. The van der Waals surface area contributed by atoms with Crippen LogP contribution in [0.3, 0.4) is 0 Å². The number of rotatable bonds is 16. The lowest BCUT2D eigenvalue weighted by atomic mass is 9.82. The van der Waals surface area contributed by atoms with E-state index in [0.29, 0.717) is 72.9 Å². The number of carbonyl (C=O) groups excluding carboxylic acids is 8. The third-order valence-corrected chi connectivity index (χ3v) is 27.7. The maximum absolute atomic E-state index is 14.9. The molecule has 4 aliphatic heterocycles. The Bertz CT molecular complexity index is 4380. The van der Waals surface area contributed by atoms with E-state index in [1.807, 2.05) is 38.2 Å². The second-order valence-corrected chi connectivity index (χ2v) is 38.9. The number of pyridine rings is 2. The van der Waals surface area contributed by atoms with Gasteiger partial charge in [0.2, 0.25) is 55.4 Å². The fourth-order valence-electron chi connectivity index (χ4n) is 16.2. The highest BCUT2D eigenvalue weighted by Gasteiger charge is 2.65. The van der Waals surface area contributed by atoms with Gasteiger partial charge in [-0.25, -0.2) is 26.8 Å². The zero-order valence-electron chi connectivity index (χ0n) is 70.1. The van der Waals surface area contributed by atoms with Gasteiger partial charge in [-0.3, -0.25) is 47.8 Å². The molecule has 26 heteroatoms. The van der Waals surface area contributed by atoms with Crippen molar-refractivity contribution in [2.45, 2.75) is 244 Å². The van der Waals surface area contributed by atoms with E-state index in [9.17, 15) is 55.2 Å². The largest absolute Gasteiger partial charge is 0.494 e. The summed E-state index contributed by atoms with van der Waals surface area (Å²) in [6.45, 7) is 21.7. The molecule has 0 unspecified atom stereocenters. The van der Waals surface area contributed by atoms with E-state index in [4.69, 9.17) is 36.6 Å². The number of Topliss-reactive ketones (excluding diaryl/α,β-unsaturated/α-hetero) is 2. The van der Waals surface area contributed by atoms with Crippen molar-refractivity contribution in [3.05, 3.63) is 85.2 Å². The molecular weight excluding hydrogens is 1420 g/mol. The van der Waals surface area contributed by atoms with Crippen molar-refractivity contribution in [2.24, 2.45) is 58.2 Å². The summed E-state index contributed by atoms with van der Waals surface area (Å²) in [5.41, 5.74) is -4.20. The number of ether oxygens (including phenoxy) is 6. The van der Waals surface area contributed by atoms with E-state index in [0.717, 1.165) is 12.8 Å². The van der Waals surface area contributed by atoms with Gasteiger partial charge in [0.25, 0.3) is 0 Å². The Morgan fingerprint density at radius 3 is 1.26 bits per heavy atom. The van der Waals surface area contributed by atoms with Gasteiger partial charge in [0, 0.05) is 47.2 Å². The molecule has 2 aromatic heterocycles. The molecule has 12 rings (SSSR count). The van der Waals surface area contributed by atoms with E-state index < -0.39 is 149 Å². The molecule has 4 saturated carbocycles. The summed E-state index contributed by atoms with van der Waals surface area (Å²) in [5.74, 6) is -6.38. The van der Waals surface area contributed by atoms with Crippen LogP contribution < -0.4 is 28.4 Å². The van der Waals surface area contributed by atoms with Crippen molar-refractivity contribution in [3.8, 4) is 23.3 Å². The van der Waals surface area contributed by atoms with Crippen molar-refractivity contribution in [3.63, 3.8) is 0 Å². The molecule has 4 aliphatic carbocycles. The molecule has 6 heterocycles. The average molecular weight is 1540 g/mol. The number of carbonyl (C=O) groups is 8. The number of ketones is 2. The maximum atomic E-state index is 14.9. The van der Waals surface area contributed by atoms with Crippen LogP contribution in [0.25, 0.3) is 21.5 Å². The molecule has 108 heavy (non-hydrogen) atoms. The summed E-state index contributed by atoms with van der Waals surface area (Å²) in [5, 5.41) is 1.80. The SMILES string of the molecule is [2H]C([2H])([2H])Oc1cnc(O[C@@H]2C[C@H]3C(=O)C[C@]4(C(=O)NS(=O)(=O)C5(C)CC5)C[C@H]4/C=C\CC[C@@H](C)C[C@@H](C)[C@H](CC(=O)OC(C)(C)C)C(=O)N3C2)c2ccccc12.[2H]C([2H])([2H])Oc1cnc(O[C@@H]2C[C@H]3C(=O)C[C@]4(C(=O)NS(=O)(=O)C5(C)CC5)C[C@H]4/C=C\CC[C@H](C)C[C@@H](C)[C@H](CC(=O)OC(C)(C)C)C(=O)N3C2)c2ccccc12. The number of hydrogen-bond donors (Lipinski definition) is 2. The first-order valence-corrected chi connectivity index (χ1v) is 41.0. The van der Waals surface area contributed by atoms with Crippen molar-refractivity contribution in [1.29, 1.82) is 0 Å². The standard InChI is InChI=1S/2C41H55N3O9S/c2*1-25-12-8-9-13-27-21-41(27,38(48)43-54(49,50)40(6)16-17-40)22-33(45)32-19-28(52-36-30-15-11-10-14-29(30)34(51-7)23-42-36)24-44(32)37(47)31(26(2)18-25)20-35(46)53-39(3,4)5/h2*9-11,13-15,23,25-28,31-32H,8,12,16-22,24H2,1-7H3,(H,43,48)/b2*13-9-/t25-,26+,27+,28+,31-,32-,41+;25-,26-,27-,28-,31+,32+,41-/m01/s1/i2*7D3. The number of hydrogen-bond acceptors (Lipinski definition) is 20. The smallest absolute Gasteiger partial charge is 0.307 e. The first-order chi connectivity index (χ1) is 53.0. The van der Waals surface area contributed by atoms with Crippen LogP contribution in [0.15, 0.2) is 85.2 Å². The van der Waals surface area contributed by atoms with E-state index in [-0.39, 0.29) is 123 Å². The summed E-state index contributed by atoms with van der Waals surface area (Å²) in [4.78, 5) is 125. The van der Waals surface area contributed by atoms with Crippen LogP contribution in [0.4, 0.5) is 0 Å². The molecule has 14 atom stereocenters. The number of sulfonamides is 2. The normalized spacial score (nSPS) is 31.7. The number of benzene rings is 2. The van der Waals surface area contributed by atoms with E-state index >= 15 is 0 Å². The molecule has 6 fully saturated rings. The highest BCUT2D eigenvalue weighted by atomic mass is 32.2. The molecular formula is C82H110N6O18S2. The quantitative estimate of drug-likeness (QED) is 0.0777. The van der Waals surface area contributed by atoms with Gasteiger partial charge in [0.1, 0.15) is 34.9 Å². The number of amides is 4. The lowest BCUT2D eigenvalue weighted by Crippen LogP contribution is -2.48. The minimum Gasteiger partial charge on any atom is -0.494 e. The summed E-state index contributed by atoms with van der Waals surface area (Å²) in [7, 11) is -13.4. The van der Waals surface area contributed by atoms with Gasteiger partial charge in [-0.15, -0.1) is 0 Å². The zero-order valence-corrected chi connectivity index (χ0v) is 65.7. The van der Waals surface area contributed by atoms with Crippen LogP contribution in [0.5, 0.6) is 23.3 Å². The molecule has 4 amide bonds. The van der Waals surface area contributed by atoms with Gasteiger partial charge < -0.3 is 38.2 Å². The van der Waals surface area contributed by atoms with Crippen LogP contribution in [0.1, 0.15) is 207 Å². The Labute approximate surface area is 644 Å². The number of allylic oxidation sites excluding steroid dienone is 4. The third-order valence-electron chi connectivity index (χ3n) is 23.4. The fourth-order valence-corrected chi connectivity index (χ4v) is 18.9. The first-order valence-electron chi connectivity index (χ1n) is 41.1. The highest BCUT2D eigenvalue weighted by molar-refractivity contribution is 7.92. The van der Waals surface area contributed by atoms with Crippen molar-refractivity contribution < 1.29 is 91.8 Å². The number of methoxy groups -OCH3 is 2. The molecule has 8 aliphatic rings. The maximum Gasteiger partial charge on any atom is 0.307 e. The number of fused-ring (bicyclic) bond motifs is 6. The Balaban J connectivity index is 0.000000225. The summed E-state index contributed by atoms with van der Waals surface area (Å²) in [6.07, 6.45) is 14.4. The van der Waals surface area contributed by atoms with Crippen LogP contribution in [0.2, 0.25) is 0 Å². The van der Waals surface area contributed by atoms with Crippen LogP contribution >= 0.6 is 0 Å². The average Bonchev–Trinajstić information content (AvgIpc) is 1.56. The molecule has 24 nitrogen and oxygen atoms in total. The van der Waals surface area contributed by atoms with Crippen LogP contribution in [0, 0.1) is 58.2 Å². The number of nitrogens with one attached hydrogen (secondary N) is 2. The van der Waals surface area contributed by atoms with Crippen molar-refractivity contribution in [2.75, 3.05) is 27.2 Å². The first kappa shape index (κ1) is 72.8. The summed E-state index contributed by atoms with van der Waals surface area (Å²) < 4.78 is 136. The molecule has 0 radical (unpaired) electrons. The molecule has 0 bridgehead atoms. The van der Waals surface area contributed by atoms with Gasteiger partial charge in [-0.05, 0) is 180 Å². The third kappa shape index (κ3) is 18.1. The molecule has 2 N–H and O–H groups in total. The van der Waals surface area contributed by atoms with E-state index in [2.05, 4.69) is 33.3 Å². The zero-order chi connectivity index (χ0) is 83.4. The topological polar surface area (TPSA) is 317 Å². The van der Waals surface area contributed by atoms with Crippen LogP contribution in [-0.2, 0) is 67.9 Å². The lowest BCUT2D eigenvalue weighted by molar-refractivity contribution is -0.160. The minimum absolute atomic E-state index is 0.0323. The van der Waals surface area contributed by atoms with Gasteiger partial charge in [0.05, 0.1) is 105 Å². The lowest BCUT2D eigenvalue weighted by Gasteiger charge is -2.32. The second kappa shape index (κ2) is 31.4. The Kier molecular flexibility index (Phi) is 21.2.